The van der Waals surface area contributed by atoms with Crippen LogP contribution in [0, 0.1) is 23.7 Å². The first-order chi connectivity index (χ1) is 28.2. The molecular weight excluding hydrogens is 693 g/mol. The Morgan fingerprint density at radius 3 is 1.88 bits per heavy atom. The lowest BCUT2D eigenvalue weighted by molar-refractivity contribution is -0.0393. The first kappa shape index (κ1) is 31.8. The van der Waals surface area contributed by atoms with E-state index in [2.05, 4.69) is 162 Å². The summed E-state index contributed by atoms with van der Waals surface area (Å²) in [4.78, 5) is 16.1. The van der Waals surface area contributed by atoms with Crippen LogP contribution in [-0.4, -0.2) is 19.5 Å². The summed E-state index contributed by atoms with van der Waals surface area (Å²) in [5, 5.41) is 5.13. The molecule has 0 saturated heterocycles. The minimum absolute atomic E-state index is 0.0118. The first-order valence-electron chi connectivity index (χ1n) is 20.8. The van der Waals surface area contributed by atoms with Crippen molar-refractivity contribution in [2.45, 2.75) is 37.5 Å². The molecule has 0 aliphatic heterocycles. The van der Waals surface area contributed by atoms with Crippen LogP contribution in [0.25, 0.3) is 83.6 Å². The molecule has 9 aromatic rings. The Morgan fingerprint density at radius 1 is 0.456 bits per heavy atom. The van der Waals surface area contributed by atoms with Crippen LogP contribution in [-0.2, 0) is 5.41 Å². The van der Waals surface area contributed by atoms with Gasteiger partial charge in [-0.05, 0) is 119 Å². The summed E-state index contributed by atoms with van der Waals surface area (Å²) in [6.45, 7) is 0. The standard InChI is InChI=1S/C53H40N4/c1-3-13-35(14-4-1)50-54-51(56-52(55-50)44-19-11-21-47-48(44)43-18-9-10-20-46(43)57(47)39-15-5-2-6-16-39)36-23-24-41-42-25-22-34-12-7-8-17-40(34)49(42)53(45(41)31-36)37-27-32-26-33(29-37)30-38(53)28-32/h1-25,31-33,37-38H,26-30H2. The van der Waals surface area contributed by atoms with Crippen LogP contribution in [0.15, 0.2) is 158 Å². The zero-order valence-corrected chi connectivity index (χ0v) is 31.6. The number of nitrogens with zero attached hydrogens (tertiary/aromatic N) is 4. The number of hydrogen-bond acceptors (Lipinski definition) is 3. The van der Waals surface area contributed by atoms with Crippen molar-refractivity contribution in [3.8, 4) is 51.0 Å². The maximum atomic E-state index is 5.46. The molecule has 0 unspecified atom stereocenters. The van der Waals surface area contributed by atoms with Gasteiger partial charge in [0.05, 0.1) is 11.0 Å². The smallest absolute Gasteiger partial charge is 0.164 e. The van der Waals surface area contributed by atoms with E-state index in [1.807, 2.05) is 0 Å². The molecule has 4 heteroatoms. The first-order valence-corrected chi connectivity index (χ1v) is 20.8. The van der Waals surface area contributed by atoms with Crippen LogP contribution < -0.4 is 0 Å². The Labute approximate surface area is 331 Å². The fraction of sp³-hybridized carbons (Fsp3) is 0.189. The zero-order valence-electron chi connectivity index (χ0n) is 31.6. The SMILES string of the molecule is c1ccc(-c2nc(-c3ccc4c(c3)C3(c5c-4ccc4ccccc54)C4CC5CC(C4)CC3C5)nc(-c3cccc4c3c3ccccc3n4-c3ccccc3)n2)cc1. The van der Waals surface area contributed by atoms with Gasteiger partial charge in [-0.1, -0.05) is 127 Å². The monoisotopic (exact) mass is 732 g/mol. The summed E-state index contributed by atoms with van der Waals surface area (Å²) in [6, 6.07) is 57.4. The Hall–Kier alpha value is -6.39. The number of aromatic nitrogens is 4. The minimum atomic E-state index is 0.0118. The number of benzene rings is 7. The lowest BCUT2D eigenvalue weighted by Gasteiger charge is -2.61. The largest absolute Gasteiger partial charge is 0.309 e. The molecule has 4 fully saturated rings. The second-order valence-corrected chi connectivity index (χ2v) is 17.2. The summed E-state index contributed by atoms with van der Waals surface area (Å²) in [5.41, 5.74) is 12.5. The fourth-order valence-corrected chi connectivity index (χ4v) is 12.5. The Bertz CT molecular complexity index is 3060. The summed E-state index contributed by atoms with van der Waals surface area (Å²) in [7, 11) is 0. The highest BCUT2D eigenvalue weighted by Crippen LogP contribution is 2.70. The van der Waals surface area contributed by atoms with E-state index in [9.17, 15) is 0 Å². The third kappa shape index (κ3) is 4.41. The van der Waals surface area contributed by atoms with E-state index in [0.29, 0.717) is 23.5 Å². The third-order valence-electron chi connectivity index (χ3n) is 14.4. The average molecular weight is 733 g/mol. The van der Waals surface area contributed by atoms with Crippen LogP contribution in [0.2, 0.25) is 0 Å². The van der Waals surface area contributed by atoms with Crippen LogP contribution in [0.1, 0.15) is 43.2 Å². The molecule has 272 valence electrons. The van der Waals surface area contributed by atoms with Crippen molar-refractivity contribution in [1.82, 2.24) is 19.5 Å². The molecule has 4 saturated carbocycles. The van der Waals surface area contributed by atoms with E-state index >= 15 is 0 Å². The van der Waals surface area contributed by atoms with Crippen molar-refractivity contribution in [2.24, 2.45) is 23.7 Å². The van der Waals surface area contributed by atoms with Crippen LogP contribution >= 0.6 is 0 Å². The second-order valence-electron chi connectivity index (χ2n) is 17.2. The molecule has 0 amide bonds. The fourth-order valence-electron chi connectivity index (χ4n) is 12.5. The highest BCUT2D eigenvalue weighted by atomic mass is 15.0. The summed E-state index contributed by atoms with van der Waals surface area (Å²) in [5.74, 6) is 5.17. The normalized spacial score (nSPS) is 22.8. The van der Waals surface area contributed by atoms with E-state index in [-0.39, 0.29) is 5.41 Å². The predicted molar refractivity (Wildman–Crippen MR) is 231 cm³/mol. The second kappa shape index (κ2) is 11.8. The van der Waals surface area contributed by atoms with Gasteiger partial charge in [0.15, 0.2) is 17.5 Å². The van der Waals surface area contributed by atoms with E-state index in [4.69, 9.17) is 15.0 Å². The van der Waals surface area contributed by atoms with E-state index in [0.717, 1.165) is 56.5 Å². The molecule has 0 N–H and O–H groups in total. The topological polar surface area (TPSA) is 43.6 Å². The molecule has 0 atom stereocenters. The van der Waals surface area contributed by atoms with Gasteiger partial charge in [-0.25, -0.2) is 15.0 Å². The number of hydrogen-bond donors (Lipinski definition) is 0. The molecule has 5 aliphatic rings. The van der Waals surface area contributed by atoms with Crippen molar-refractivity contribution < 1.29 is 0 Å². The molecule has 5 aliphatic carbocycles. The van der Waals surface area contributed by atoms with Gasteiger partial charge in [0.1, 0.15) is 0 Å². The van der Waals surface area contributed by atoms with Gasteiger partial charge < -0.3 is 4.57 Å². The van der Waals surface area contributed by atoms with Gasteiger partial charge in [-0.2, -0.15) is 0 Å². The highest BCUT2D eigenvalue weighted by Gasteiger charge is 2.62. The van der Waals surface area contributed by atoms with Gasteiger partial charge in [0.2, 0.25) is 0 Å². The average Bonchev–Trinajstić information content (AvgIpc) is 3.77. The molecule has 4 nitrogen and oxygen atoms in total. The molecular formula is C53H40N4. The van der Waals surface area contributed by atoms with Gasteiger partial charge in [0, 0.05) is 38.6 Å². The lowest BCUT2D eigenvalue weighted by Crippen LogP contribution is -2.55. The Kier molecular flexibility index (Phi) is 6.59. The van der Waals surface area contributed by atoms with Gasteiger partial charge in [0.25, 0.3) is 0 Å². The maximum Gasteiger partial charge on any atom is 0.164 e. The zero-order chi connectivity index (χ0) is 37.2. The molecule has 57 heavy (non-hydrogen) atoms. The summed E-state index contributed by atoms with van der Waals surface area (Å²) < 4.78 is 2.36. The van der Waals surface area contributed by atoms with Crippen molar-refractivity contribution in [3.63, 3.8) is 0 Å². The predicted octanol–water partition coefficient (Wildman–Crippen LogP) is 12.8. The summed E-state index contributed by atoms with van der Waals surface area (Å²) in [6.07, 6.45) is 6.80. The lowest BCUT2D eigenvalue weighted by atomic mass is 9.43. The Balaban J connectivity index is 1.05. The molecule has 14 rings (SSSR count). The highest BCUT2D eigenvalue weighted by molar-refractivity contribution is 6.15. The third-order valence-corrected chi connectivity index (χ3v) is 14.4. The van der Waals surface area contributed by atoms with Crippen LogP contribution in [0.3, 0.4) is 0 Å². The van der Waals surface area contributed by atoms with Crippen molar-refractivity contribution in [2.75, 3.05) is 0 Å². The van der Waals surface area contributed by atoms with E-state index in [1.54, 1.807) is 5.56 Å². The molecule has 2 aromatic heterocycles. The van der Waals surface area contributed by atoms with Crippen molar-refractivity contribution >= 4 is 32.6 Å². The Morgan fingerprint density at radius 2 is 1.09 bits per heavy atom. The number of fused-ring (bicyclic) bond motifs is 8. The van der Waals surface area contributed by atoms with Crippen molar-refractivity contribution in [1.29, 1.82) is 0 Å². The molecule has 1 spiro atoms. The summed E-state index contributed by atoms with van der Waals surface area (Å²) >= 11 is 0. The number of rotatable bonds is 4. The van der Waals surface area contributed by atoms with Crippen molar-refractivity contribution in [3.05, 3.63) is 169 Å². The molecule has 4 bridgehead atoms. The molecule has 2 heterocycles. The maximum absolute atomic E-state index is 5.46. The van der Waals surface area contributed by atoms with Gasteiger partial charge >= 0.3 is 0 Å². The van der Waals surface area contributed by atoms with E-state index in [1.165, 1.54) is 65.0 Å². The van der Waals surface area contributed by atoms with Crippen LogP contribution in [0.4, 0.5) is 0 Å². The van der Waals surface area contributed by atoms with Crippen LogP contribution in [0.5, 0.6) is 0 Å². The minimum Gasteiger partial charge on any atom is -0.309 e. The van der Waals surface area contributed by atoms with E-state index < -0.39 is 0 Å². The molecule has 0 radical (unpaired) electrons. The quantitative estimate of drug-likeness (QED) is 0.181. The van der Waals surface area contributed by atoms with Gasteiger partial charge in [-0.3, -0.25) is 0 Å². The molecule has 7 aromatic carbocycles. The number of para-hydroxylation sites is 2. The van der Waals surface area contributed by atoms with Gasteiger partial charge in [-0.15, -0.1) is 0 Å².